The van der Waals surface area contributed by atoms with Gasteiger partial charge in [-0.1, -0.05) is 0 Å². The topological polar surface area (TPSA) is 32.3 Å². The van der Waals surface area contributed by atoms with Crippen LogP contribution in [0.5, 0.6) is 0 Å². The van der Waals surface area contributed by atoms with Gasteiger partial charge in [-0.15, -0.1) is 12.4 Å². The molecule has 0 aliphatic carbocycles. The summed E-state index contributed by atoms with van der Waals surface area (Å²) in [6, 6.07) is 1.17. The molecule has 60 valence electrons. The summed E-state index contributed by atoms with van der Waals surface area (Å²) in [4.78, 5) is 0. The summed E-state index contributed by atoms with van der Waals surface area (Å²) in [6.45, 7) is 0. The molecule has 2 N–H and O–H groups in total. The first-order valence-corrected chi connectivity index (χ1v) is 3.80. The summed E-state index contributed by atoms with van der Waals surface area (Å²) >= 11 is 0. The smallest absolute Gasteiger partial charge is 0.0693 e. The van der Waals surface area contributed by atoms with E-state index < -0.39 is 0 Å². The average Bonchev–Trinajstić information content (AvgIpc) is 2.25. The predicted octanol–water partition coefficient (Wildman–Crippen LogP) is 0.683. The van der Waals surface area contributed by atoms with Gasteiger partial charge in [0.1, 0.15) is 0 Å². The second-order valence-corrected chi connectivity index (χ2v) is 3.19. The lowest BCUT2D eigenvalue weighted by atomic mass is 10.0. The Labute approximate surface area is 67.4 Å². The van der Waals surface area contributed by atoms with E-state index in [1.54, 1.807) is 0 Å². The average molecular weight is 164 g/mol. The van der Waals surface area contributed by atoms with Gasteiger partial charge in [-0.25, -0.2) is 0 Å². The van der Waals surface area contributed by atoms with Crippen LogP contribution in [0.2, 0.25) is 0 Å². The molecule has 2 aliphatic heterocycles. The van der Waals surface area contributed by atoms with Crippen molar-refractivity contribution in [2.45, 2.75) is 43.9 Å². The molecule has 0 spiro atoms. The zero-order valence-corrected chi connectivity index (χ0v) is 6.73. The largest absolute Gasteiger partial charge is 0.392 e. The van der Waals surface area contributed by atoms with E-state index in [2.05, 4.69) is 5.32 Å². The molecule has 2 bridgehead atoms. The molecule has 0 aromatic heterocycles. The predicted molar refractivity (Wildman–Crippen MR) is 42.4 cm³/mol. The molecule has 3 heteroatoms. The lowest BCUT2D eigenvalue weighted by molar-refractivity contribution is 0.103. The number of rotatable bonds is 0. The first-order valence-electron chi connectivity index (χ1n) is 3.80. The quantitative estimate of drug-likeness (QED) is 0.551. The SMILES string of the molecule is Cl.O[C@H]1CC[C@H]2CC[C@@H]1N2. The van der Waals surface area contributed by atoms with Crippen LogP contribution in [-0.2, 0) is 0 Å². The highest BCUT2D eigenvalue weighted by Gasteiger charge is 2.33. The molecule has 0 aromatic rings. The Morgan fingerprint density at radius 2 is 1.80 bits per heavy atom. The number of aliphatic hydroxyl groups is 1. The van der Waals surface area contributed by atoms with Crippen LogP contribution < -0.4 is 5.32 Å². The number of hydrogen-bond donors (Lipinski definition) is 2. The fourth-order valence-electron chi connectivity index (χ4n) is 1.95. The highest BCUT2D eigenvalue weighted by molar-refractivity contribution is 5.85. The standard InChI is InChI=1S/C7H13NO.ClH/c9-7-4-2-5-1-3-6(7)8-5;/h5-9H,1-4H2;1H/t5-,6+,7+;/m1./s1. The Morgan fingerprint density at radius 3 is 2.50 bits per heavy atom. The van der Waals surface area contributed by atoms with E-state index in [1.165, 1.54) is 19.3 Å². The molecule has 0 radical (unpaired) electrons. The van der Waals surface area contributed by atoms with Gasteiger partial charge < -0.3 is 10.4 Å². The van der Waals surface area contributed by atoms with Crippen LogP contribution >= 0.6 is 12.4 Å². The van der Waals surface area contributed by atoms with Crippen LogP contribution in [0.3, 0.4) is 0 Å². The van der Waals surface area contributed by atoms with Gasteiger partial charge in [0.15, 0.2) is 0 Å². The molecule has 2 saturated heterocycles. The van der Waals surface area contributed by atoms with Crippen molar-refractivity contribution >= 4 is 12.4 Å². The van der Waals surface area contributed by atoms with E-state index in [0.29, 0.717) is 6.04 Å². The fourth-order valence-corrected chi connectivity index (χ4v) is 1.95. The van der Waals surface area contributed by atoms with Gasteiger partial charge in [0.25, 0.3) is 0 Å². The van der Waals surface area contributed by atoms with Gasteiger partial charge in [0.05, 0.1) is 6.10 Å². The second-order valence-electron chi connectivity index (χ2n) is 3.19. The van der Waals surface area contributed by atoms with Crippen molar-refractivity contribution < 1.29 is 5.11 Å². The highest BCUT2D eigenvalue weighted by Crippen LogP contribution is 2.26. The number of fused-ring (bicyclic) bond motifs is 2. The third-order valence-electron chi connectivity index (χ3n) is 2.55. The molecule has 0 aromatic carbocycles. The maximum atomic E-state index is 9.33. The maximum absolute atomic E-state index is 9.33. The minimum Gasteiger partial charge on any atom is -0.392 e. The number of halogens is 1. The Kier molecular flexibility index (Phi) is 2.55. The van der Waals surface area contributed by atoms with Crippen LogP contribution in [0.4, 0.5) is 0 Å². The molecule has 2 aliphatic rings. The fraction of sp³-hybridized carbons (Fsp3) is 1.00. The summed E-state index contributed by atoms with van der Waals surface area (Å²) in [7, 11) is 0. The third-order valence-corrected chi connectivity index (χ3v) is 2.55. The lowest BCUT2D eigenvalue weighted by Gasteiger charge is -2.25. The van der Waals surface area contributed by atoms with Gasteiger partial charge in [-0.05, 0) is 25.7 Å². The van der Waals surface area contributed by atoms with Crippen molar-refractivity contribution in [2.75, 3.05) is 0 Å². The number of piperidine rings is 1. The molecular weight excluding hydrogens is 150 g/mol. The van der Waals surface area contributed by atoms with Gasteiger partial charge in [0.2, 0.25) is 0 Å². The number of aliphatic hydroxyl groups excluding tert-OH is 1. The van der Waals surface area contributed by atoms with Crippen LogP contribution in [0.15, 0.2) is 0 Å². The first-order chi connectivity index (χ1) is 4.36. The van der Waals surface area contributed by atoms with Crippen LogP contribution in [-0.4, -0.2) is 23.3 Å². The van der Waals surface area contributed by atoms with Gasteiger partial charge in [-0.3, -0.25) is 0 Å². The minimum atomic E-state index is -0.0521. The van der Waals surface area contributed by atoms with E-state index in [0.717, 1.165) is 12.5 Å². The second kappa shape index (κ2) is 3.07. The van der Waals surface area contributed by atoms with E-state index in [9.17, 15) is 5.11 Å². The highest BCUT2D eigenvalue weighted by atomic mass is 35.5. The lowest BCUT2D eigenvalue weighted by Crippen LogP contribution is -2.43. The molecular formula is C7H14ClNO. The van der Waals surface area contributed by atoms with Crippen molar-refractivity contribution in [1.82, 2.24) is 5.32 Å². The Morgan fingerprint density at radius 1 is 1.10 bits per heavy atom. The van der Waals surface area contributed by atoms with E-state index >= 15 is 0 Å². The van der Waals surface area contributed by atoms with Gasteiger partial charge >= 0.3 is 0 Å². The summed E-state index contributed by atoms with van der Waals surface area (Å²) in [5.74, 6) is 0. The molecule has 0 unspecified atom stereocenters. The number of nitrogens with one attached hydrogen (secondary N) is 1. The van der Waals surface area contributed by atoms with Crippen LogP contribution in [0.25, 0.3) is 0 Å². The normalized spacial score (nSPS) is 44.7. The van der Waals surface area contributed by atoms with Crippen LogP contribution in [0.1, 0.15) is 25.7 Å². The summed E-state index contributed by atoms with van der Waals surface area (Å²) in [5, 5.41) is 12.7. The molecule has 2 heterocycles. The zero-order valence-electron chi connectivity index (χ0n) is 5.92. The summed E-state index contributed by atoms with van der Waals surface area (Å²) < 4.78 is 0. The molecule has 2 fully saturated rings. The molecule has 2 rings (SSSR count). The van der Waals surface area contributed by atoms with E-state index in [4.69, 9.17) is 0 Å². The Bertz CT molecular complexity index is 120. The van der Waals surface area contributed by atoms with Crippen molar-refractivity contribution in [1.29, 1.82) is 0 Å². The van der Waals surface area contributed by atoms with Gasteiger partial charge in [0, 0.05) is 12.1 Å². The zero-order chi connectivity index (χ0) is 6.27. The van der Waals surface area contributed by atoms with Crippen LogP contribution in [0, 0.1) is 0 Å². The van der Waals surface area contributed by atoms with Gasteiger partial charge in [-0.2, -0.15) is 0 Å². The summed E-state index contributed by atoms with van der Waals surface area (Å²) in [5.41, 5.74) is 0. The molecule has 2 nitrogen and oxygen atoms in total. The Hall–Kier alpha value is 0.210. The molecule has 0 amide bonds. The molecule has 0 saturated carbocycles. The van der Waals surface area contributed by atoms with E-state index in [1.807, 2.05) is 0 Å². The monoisotopic (exact) mass is 163 g/mol. The van der Waals surface area contributed by atoms with Crippen molar-refractivity contribution in [3.63, 3.8) is 0 Å². The van der Waals surface area contributed by atoms with Crippen molar-refractivity contribution in [3.8, 4) is 0 Å². The molecule has 10 heavy (non-hydrogen) atoms. The third kappa shape index (κ3) is 1.29. The first kappa shape index (κ1) is 8.31. The van der Waals surface area contributed by atoms with E-state index in [-0.39, 0.29) is 18.5 Å². The van der Waals surface area contributed by atoms with Crippen molar-refractivity contribution in [3.05, 3.63) is 0 Å². The minimum absolute atomic E-state index is 0. The van der Waals surface area contributed by atoms with Crippen molar-refractivity contribution in [2.24, 2.45) is 0 Å². The Balaban J connectivity index is 0.000000500. The molecule has 3 atom stereocenters. The summed E-state index contributed by atoms with van der Waals surface area (Å²) in [6.07, 6.45) is 4.61. The number of hydrogen-bond acceptors (Lipinski definition) is 2. The maximum Gasteiger partial charge on any atom is 0.0693 e.